The minimum Gasteiger partial charge on any atom is -0.346 e. The molecule has 0 amide bonds. The normalized spacial score (nSPS) is 11.8. The molecule has 0 radical (unpaired) electrons. The Hall–Kier alpha value is -1.39. The van der Waals surface area contributed by atoms with E-state index in [1.165, 1.54) is 10.9 Å². The predicted molar refractivity (Wildman–Crippen MR) is 75.6 cm³/mol. The zero-order valence-electron chi connectivity index (χ0n) is 11.4. The quantitative estimate of drug-likeness (QED) is 0.766. The number of nitrogens with zero attached hydrogens (tertiary/aromatic N) is 2. The van der Waals surface area contributed by atoms with Gasteiger partial charge in [-0.15, -0.1) is 0 Å². The largest absolute Gasteiger partial charge is 0.346 e. The first-order chi connectivity index (χ1) is 8.68. The molecule has 2 aromatic heterocycles. The Morgan fingerprint density at radius 3 is 3.06 bits per heavy atom. The van der Waals surface area contributed by atoms with E-state index in [1.807, 2.05) is 18.5 Å². The maximum absolute atomic E-state index is 4.29. The summed E-state index contributed by atoms with van der Waals surface area (Å²) in [4.78, 5) is 9.82. The molecule has 0 aliphatic rings. The van der Waals surface area contributed by atoms with Crippen molar-refractivity contribution in [3.05, 3.63) is 30.1 Å². The number of hydrogen-bond acceptors (Lipinski definition) is 3. The van der Waals surface area contributed by atoms with Crippen LogP contribution in [0.25, 0.3) is 11.0 Å². The second-order valence-electron chi connectivity index (χ2n) is 4.96. The first-order valence-electron chi connectivity index (χ1n) is 6.50. The maximum atomic E-state index is 4.29. The number of aromatic amines is 1. The Morgan fingerprint density at radius 2 is 2.28 bits per heavy atom. The number of nitrogens with one attached hydrogen (secondary N) is 2. The van der Waals surface area contributed by atoms with Gasteiger partial charge in [0.1, 0.15) is 5.65 Å². The average Bonchev–Trinajstić information content (AvgIpc) is 2.77. The Kier molecular flexibility index (Phi) is 4.33. The molecule has 0 aliphatic heterocycles. The molecule has 0 aromatic carbocycles. The molecule has 0 bridgehead atoms. The van der Waals surface area contributed by atoms with E-state index in [9.17, 15) is 0 Å². The molecule has 0 saturated carbocycles. The van der Waals surface area contributed by atoms with Crippen molar-refractivity contribution in [3.63, 3.8) is 0 Å². The van der Waals surface area contributed by atoms with E-state index in [1.54, 1.807) is 0 Å². The van der Waals surface area contributed by atoms with Crippen molar-refractivity contribution in [2.75, 3.05) is 20.1 Å². The second kappa shape index (κ2) is 5.98. The molecule has 18 heavy (non-hydrogen) atoms. The summed E-state index contributed by atoms with van der Waals surface area (Å²) < 4.78 is 0. The highest BCUT2D eigenvalue weighted by atomic mass is 15.1. The molecule has 2 aromatic rings. The van der Waals surface area contributed by atoms with E-state index in [0.29, 0.717) is 6.04 Å². The highest BCUT2D eigenvalue weighted by molar-refractivity contribution is 5.79. The molecule has 0 aliphatic carbocycles. The lowest BCUT2D eigenvalue weighted by atomic mass is 10.2. The summed E-state index contributed by atoms with van der Waals surface area (Å²) in [6.45, 7) is 7.38. The van der Waals surface area contributed by atoms with E-state index >= 15 is 0 Å². The number of hydrogen-bond donors (Lipinski definition) is 2. The van der Waals surface area contributed by atoms with Crippen LogP contribution >= 0.6 is 0 Å². The van der Waals surface area contributed by atoms with Crippen molar-refractivity contribution in [3.8, 4) is 0 Å². The topological polar surface area (TPSA) is 44.0 Å². The molecule has 2 rings (SSSR count). The second-order valence-corrected chi connectivity index (χ2v) is 4.96. The molecule has 4 nitrogen and oxygen atoms in total. The van der Waals surface area contributed by atoms with Crippen LogP contribution in [0.5, 0.6) is 0 Å². The maximum Gasteiger partial charge on any atom is 0.137 e. The van der Waals surface area contributed by atoms with Crippen molar-refractivity contribution < 1.29 is 0 Å². The third-order valence-electron chi connectivity index (χ3n) is 3.38. The van der Waals surface area contributed by atoms with Crippen LogP contribution in [0.3, 0.4) is 0 Å². The molecule has 0 unspecified atom stereocenters. The van der Waals surface area contributed by atoms with Gasteiger partial charge in [0, 0.05) is 43.5 Å². The summed E-state index contributed by atoms with van der Waals surface area (Å²) >= 11 is 0. The van der Waals surface area contributed by atoms with Crippen LogP contribution in [0.15, 0.2) is 24.5 Å². The van der Waals surface area contributed by atoms with E-state index in [0.717, 1.165) is 25.3 Å². The Labute approximate surface area is 108 Å². The van der Waals surface area contributed by atoms with Crippen LogP contribution in [0.2, 0.25) is 0 Å². The number of fused-ring (bicyclic) bond motifs is 1. The van der Waals surface area contributed by atoms with Crippen molar-refractivity contribution in [2.45, 2.75) is 26.4 Å². The number of likely N-dealkylation sites (N-methyl/N-ethyl adjacent to an activating group) is 1. The molecule has 2 heterocycles. The monoisotopic (exact) mass is 246 g/mol. The van der Waals surface area contributed by atoms with Gasteiger partial charge in [-0.2, -0.15) is 0 Å². The third-order valence-corrected chi connectivity index (χ3v) is 3.38. The highest BCUT2D eigenvalue weighted by Crippen LogP contribution is 2.14. The average molecular weight is 246 g/mol. The molecule has 0 atom stereocenters. The van der Waals surface area contributed by atoms with Crippen molar-refractivity contribution in [2.24, 2.45) is 0 Å². The van der Waals surface area contributed by atoms with Crippen LogP contribution in [-0.4, -0.2) is 41.0 Å². The van der Waals surface area contributed by atoms with E-state index in [4.69, 9.17) is 0 Å². The molecular weight excluding hydrogens is 224 g/mol. The molecule has 0 saturated heterocycles. The van der Waals surface area contributed by atoms with Crippen LogP contribution in [0.4, 0.5) is 0 Å². The first-order valence-corrected chi connectivity index (χ1v) is 6.50. The molecule has 4 heteroatoms. The van der Waals surface area contributed by atoms with Gasteiger partial charge < -0.3 is 15.2 Å². The smallest absolute Gasteiger partial charge is 0.137 e. The van der Waals surface area contributed by atoms with Gasteiger partial charge >= 0.3 is 0 Å². The summed E-state index contributed by atoms with van der Waals surface area (Å²) in [6, 6.07) is 4.69. The van der Waals surface area contributed by atoms with Crippen LogP contribution in [-0.2, 0) is 6.54 Å². The Balaban J connectivity index is 1.84. The fourth-order valence-corrected chi connectivity index (χ4v) is 1.90. The molecule has 0 fully saturated rings. The third kappa shape index (κ3) is 3.09. The van der Waals surface area contributed by atoms with Crippen molar-refractivity contribution in [1.29, 1.82) is 0 Å². The highest BCUT2D eigenvalue weighted by Gasteiger charge is 2.04. The van der Waals surface area contributed by atoms with E-state index < -0.39 is 0 Å². The molecular formula is C14H22N4. The van der Waals surface area contributed by atoms with Crippen LogP contribution < -0.4 is 5.32 Å². The van der Waals surface area contributed by atoms with Crippen LogP contribution in [0, 0.1) is 0 Å². The lowest BCUT2D eigenvalue weighted by molar-refractivity contribution is 0.273. The zero-order valence-corrected chi connectivity index (χ0v) is 11.4. The van der Waals surface area contributed by atoms with Crippen molar-refractivity contribution >= 4 is 11.0 Å². The lowest BCUT2D eigenvalue weighted by Crippen LogP contribution is -2.33. The Bertz CT molecular complexity index is 489. The van der Waals surface area contributed by atoms with Gasteiger partial charge in [0.05, 0.1) is 0 Å². The van der Waals surface area contributed by atoms with Gasteiger partial charge in [0.15, 0.2) is 0 Å². The number of aromatic nitrogens is 2. The van der Waals surface area contributed by atoms with Gasteiger partial charge in [0.25, 0.3) is 0 Å². The summed E-state index contributed by atoms with van der Waals surface area (Å²) in [5.74, 6) is 0. The molecule has 0 spiro atoms. The summed E-state index contributed by atoms with van der Waals surface area (Å²) in [6.07, 6.45) is 3.85. The number of H-pyrrole nitrogens is 1. The number of pyridine rings is 1. The minimum absolute atomic E-state index is 0.601. The summed E-state index contributed by atoms with van der Waals surface area (Å²) in [5, 5.41) is 4.69. The van der Waals surface area contributed by atoms with E-state index in [-0.39, 0.29) is 0 Å². The number of rotatable bonds is 6. The predicted octanol–water partition coefficient (Wildman–Crippen LogP) is 1.99. The van der Waals surface area contributed by atoms with Gasteiger partial charge in [-0.05, 0) is 38.6 Å². The molecule has 98 valence electrons. The summed E-state index contributed by atoms with van der Waals surface area (Å²) in [5.41, 5.74) is 2.25. The first kappa shape index (κ1) is 13.1. The zero-order chi connectivity index (χ0) is 13.0. The minimum atomic E-state index is 0.601. The Morgan fingerprint density at radius 1 is 1.44 bits per heavy atom. The summed E-state index contributed by atoms with van der Waals surface area (Å²) in [7, 11) is 2.15. The van der Waals surface area contributed by atoms with Gasteiger partial charge in [-0.1, -0.05) is 0 Å². The standard InChI is InChI=1S/C14H22N4/c1-11(2)18(3)8-7-15-9-12-10-17-14-13(12)5-4-6-16-14/h4-6,10-11,15H,7-9H2,1-3H3,(H,16,17). The van der Waals surface area contributed by atoms with Crippen molar-refractivity contribution in [1.82, 2.24) is 20.2 Å². The fourth-order valence-electron chi connectivity index (χ4n) is 1.90. The van der Waals surface area contributed by atoms with Gasteiger partial charge in [0.2, 0.25) is 0 Å². The van der Waals surface area contributed by atoms with E-state index in [2.05, 4.69) is 47.1 Å². The van der Waals surface area contributed by atoms with Gasteiger partial charge in [-0.25, -0.2) is 4.98 Å². The SMILES string of the molecule is CC(C)N(C)CCNCc1c[nH]c2ncccc12. The fraction of sp³-hybridized carbons (Fsp3) is 0.500. The van der Waals surface area contributed by atoms with Gasteiger partial charge in [-0.3, -0.25) is 0 Å². The lowest BCUT2D eigenvalue weighted by Gasteiger charge is -2.20. The van der Waals surface area contributed by atoms with Crippen LogP contribution in [0.1, 0.15) is 19.4 Å². The molecule has 2 N–H and O–H groups in total.